The van der Waals surface area contributed by atoms with Crippen LogP contribution in [0.15, 0.2) is 16.8 Å². The summed E-state index contributed by atoms with van der Waals surface area (Å²) in [6.07, 6.45) is 2.82. The molecule has 2 aliphatic rings. The van der Waals surface area contributed by atoms with Gasteiger partial charge in [0, 0.05) is 26.1 Å². The smallest absolute Gasteiger partial charge is 0.225 e. The van der Waals surface area contributed by atoms with Crippen LogP contribution in [0.4, 0.5) is 0 Å². The van der Waals surface area contributed by atoms with Gasteiger partial charge in [0.2, 0.25) is 11.8 Å². The van der Waals surface area contributed by atoms with E-state index in [0.717, 1.165) is 6.54 Å². The van der Waals surface area contributed by atoms with Crippen LogP contribution in [-0.2, 0) is 9.59 Å². The fourth-order valence-electron chi connectivity index (χ4n) is 3.14. The van der Waals surface area contributed by atoms with Crippen LogP contribution in [0.3, 0.4) is 0 Å². The van der Waals surface area contributed by atoms with E-state index in [1.165, 1.54) is 18.4 Å². The van der Waals surface area contributed by atoms with E-state index in [1.54, 1.807) is 11.3 Å². The maximum absolute atomic E-state index is 12.4. The number of nitrogens with one attached hydrogen (secondary N) is 1. The lowest BCUT2D eigenvalue weighted by Gasteiger charge is -2.24. The van der Waals surface area contributed by atoms with Crippen molar-refractivity contribution < 1.29 is 9.59 Å². The molecule has 1 saturated carbocycles. The highest BCUT2D eigenvalue weighted by Crippen LogP contribution is 2.32. The standard InChI is InChI=1S/C17H25N3O2S/c1-19(2)15(13-5-6-23-11-13)8-18-17(22)14-7-16(21)20(10-14)9-12-3-4-12/h5-6,11-12,14-15H,3-4,7-10H2,1-2H3,(H,18,22). The number of hydrogen-bond acceptors (Lipinski definition) is 4. The summed E-state index contributed by atoms with van der Waals surface area (Å²) in [7, 11) is 4.04. The van der Waals surface area contributed by atoms with Gasteiger partial charge in [-0.1, -0.05) is 0 Å². The van der Waals surface area contributed by atoms with Gasteiger partial charge < -0.3 is 15.1 Å². The minimum atomic E-state index is -0.188. The van der Waals surface area contributed by atoms with Crippen molar-refractivity contribution >= 4 is 23.2 Å². The molecule has 2 unspecified atom stereocenters. The van der Waals surface area contributed by atoms with Crippen molar-refractivity contribution in [1.82, 2.24) is 15.1 Å². The Hall–Kier alpha value is -1.40. The number of carbonyl (C=O) groups excluding carboxylic acids is 2. The number of likely N-dealkylation sites (tertiary alicyclic amines) is 1. The van der Waals surface area contributed by atoms with Crippen LogP contribution in [0.1, 0.15) is 30.9 Å². The normalized spacial score (nSPS) is 22.7. The Morgan fingerprint density at radius 3 is 2.87 bits per heavy atom. The molecule has 23 heavy (non-hydrogen) atoms. The van der Waals surface area contributed by atoms with Gasteiger partial charge in [-0.15, -0.1) is 0 Å². The molecule has 0 aromatic carbocycles. The van der Waals surface area contributed by atoms with Crippen molar-refractivity contribution in [3.8, 4) is 0 Å². The molecular weight excluding hydrogens is 310 g/mol. The molecule has 2 heterocycles. The van der Waals surface area contributed by atoms with Crippen LogP contribution in [-0.4, -0.2) is 55.3 Å². The largest absolute Gasteiger partial charge is 0.354 e. The topological polar surface area (TPSA) is 52.7 Å². The fraction of sp³-hybridized carbons (Fsp3) is 0.647. The molecular formula is C17H25N3O2S. The Balaban J connectivity index is 1.51. The van der Waals surface area contributed by atoms with Gasteiger partial charge in [0.1, 0.15) is 0 Å². The van der Waals surface area contributed by atoms with Gasteiger partial charge in [-0.2, -0.15) is 11.3 Å². The second-order valence-electron chi connectivity index (χ2n) is 6.92. The first-order valence-corrected chi connectivity index (χ1v) is 9.23. The van der Waals surface area contributed by atoms with Gasteiger partial charge in [0.15, 0.2) is 0 Å². The Morgan fingerprint density at radius 1 is 1.48 bits per heavy atom. The minimum Gasteiger partial charge on any atom is -0.354 e. The first kappa shape index (κ1) is 16.5. The van der Waals surface area contributed by atoms with Gasteiger partial charge in [-0.25, -0.2) is 0 Å². The van der Waals surface area contributed by atoms with Crippen LogP contribution in [0, 0.1) is 11.8 Å². The van der Waals surface area contributed by atoms with E-state index in [9.17, 15) is 9.59 Å². The lowest BCUT2D eigenvalue weighted by molar-refractivity contribution is -0.129. The molecule has 1 aromatic heterocycles. The first-order valence-electron chi connectivity index (χ1n) is 8.28. The molecule has 1 aliphatic carbocycles. The highest BCUT2D eigenvalue weighted by atomic mass is 32.1. The van der Waals surface area contributed by atoms with E-state index in [0.29, 0.717) is 25.4 Å². The lowest BCUT2D eigenvalue weighted by atomic mass is 10.1. The van der Waals surface area contributed by atoms with E-state index >= 15 is 0 Å². The average Bonchev–Trinajstić information content (AvgIpc) is 3.01. The summed E-state index contributed by atoms with van der Waals surface area (Å²) >= 11 is 1.67. The molecule has 1 aromatic rings. The van der Waals surface area contributed by atoms with Gasteiger partial charge >= 0.3 is 0 Å². The molecule has 2 amide bonds. The van der Waals surface area contributed by atoms with Crippen molar-refractivity contribution in [2.75, 3.05) is 33.7 Å². The predicted molar refractivity (Wildman–Crippen MR) is 91.2 cm³/mol. The van der Waals surface area contributed by atoms with Gasteiger partial charge in [-0.3, -0.25) is 9.59 Å². The number of thiophene rings is 1. The van der Waals surface area contributed by atoms with Crippen LogP contribution < -0.4 is 5.32 Å². The van der Waals surface area contributed by atoms with Crippen molar-refractivity contribution in [3.05, 3.63) is 22.4 Å². The van der Waals surface area contributed by atoms with Gasteiger partial charge in [0.05, 0.1) is 12.0 Å². The lowest BCUT2D eigenvalue weighted by Crippen LogP contribution is -2.38. The molecule has 0 radical (unpaired) electrons. The molecule has 3 rings (SSSR count). The second kappa shape index (κ2) is 7.01. The summed E-state index contributed by atoms with van der Waals surface area (Å²) in [6.45, 7) is 2.01. The zero-order chi connectivity index (χ0) is 16.4. The first-order chi connectivity index (χ1) is 11.0. The number of nitrogens with zero attached hydrogens (tertiary/aromatic N) is 2. The van der Waals surface area contributed by atoms with Crippen molar-refractivity contribution in [2.24, 2.45) is 11.8 Å². The van der Waals surface area contributed by atoms with Gasteiger partial charge in [-0.05, 0) is 55.2 Å². The van der Waals surface area contributed by atoms with E-state index in [4.69, 9.17) is 0 Å². The third-order valence-electron chi connectivity index (χ3n) is 4.78. The molecule has 2 atom stereocenters. The summed E-state index contributed by atoms with van der Waals surface area (Å²) in [5.41, 5.74) is 1.22. The average molecular weight is 335 g/mol. The number of rotatable bonds is 7. The summed E-state index contributed by atoms with van der Waals surface area (Å²) in [6, 6.07) is 2.27. The molecule has 126 valence electrons. The van der Waals surface area contributed by atoms with Gasteiger partial charge in [0.25, 0.3) is 0 Å². The second-order valence-corrected chi connectivity index (χ2v) is 7.70. The molecule has 1 saturated heterocycles. The monoisotopic (exact) mass is 335 g/mol. The molecule has 6 heteroatoms. The zero-order valence-electron chi connectivity index (χ0n) is 13.8. The summed E-state index contributed by atoms with van der Waals surface area (Å²) in [5.74, 6) is 0.641. The highest BCUT2D eigenvalue weighted by Gasteiger charge is 2.37. The zero-order valence-corrected chi connectivity index (χ0v) is 14.6. The Kier molecular flexibility index (Phi) is 5.02. The Morgan fingerprint density at radius 2 is 2.26 bits per heavy atom. The number of likely N-dealkylation sites (N-methyl/N-ethyl adjacent to an activating group) is 1. The summed E-state index contributed by atoms with van der Waals surface area (Å²) in [5, 5.41) is 7.22. The molecule has 5 nitrogen and oxygen atoms in total. The fourth-order valence-corrected chi connectivity index (χ4v) is 3.85. The highest BCUT2D eigenvalue weighted by molar-refractivity contribution is 7.07. The Labute approximate surface area is 141 Å². The minimum absolute atomic E-state index is 0.0127. The molecule has 1 N–H and O–H groups in total. The SMILES string of the molecule is CN(C)C(CNC(=O)C1CC(=O)N(CC2CC2)C1)c1ccsc1. The number of amides is 2. The quantitative estimate of drug-likeness (QED) is 0.825. The van der Waals surface area contributed by atoms with E-state index < -0.39 is 0 Å². The molecule has 0 spiro atoms. The maximum Gasteiger partial charge on any atom is 0.225 e. The van der Waals surface area contributed by atoms with Crippen molar-refractivity contribution in [3.63, 3.8) is 0 Å². The van der Waals surface area contributed by atoms with Crippen LogP contribution >= 0.6 is 11.3 Å². The number of carbonyl (C=O) groups is 2. The Bertz CT molecular complexity index is 554. The van der Waals surface area contributed by atoms with E-state index in [1.807, 2.05) is 19.0 Å². The van der Waals surface area contributed by atoms with Crippen LogP contribution in [0.2, 0.25) is 0 Å². The third-order valence-corrected chi connectivity index (χ3v) is 5.48. The van der Waals surface area contributed by atoms with E-state index in [-0.39, 0.29) is 23.8 Å². The predicted octanol–water partition coefficient (Wildman–Crippen LogP) is 1.73. The van der Waals surface area contributed by atoms with Crippen LogP contribution in [0.25, 0.3) is 0 Å². The maximum atomic E-state index is 12.4. The van der Waals surface area contributed by atoms with Crippen molar-refractivity contribution in [1.29, 1.82) is 0 Å². The summed E-state index contributed by atoms with van der Waals surface area (Å²) in [4.78, 5) is 28.4. The van der Waals surface area contributed by atoms with Crippen LogP contribution in [0.5, 0.6) is 0 Å². The van der Waals surface area contributed by atoms with Crippen molar-refractivity contribution in [2.45, 2.75) is 25.3 Å². The molecule has 1 aliphatic heterocycles. The number of hydrogen-bond donors (Lipinski definition) is 1. The molecule has 0 bridgehead atoms. The summed E-state index contributed by atoms with van der Waals surface area (Å²) < 4.78 is 0. The third kappa shape index (κ3) is 4.12. The van der Waals surface area contributed by atoms with E-state index in [2.05, 4.69) is 27.0 Å². The molecule has 2 fully saturated rings.